The van der Waals surface area contributed by atoms with E-state index < -0.39 is 5.91 Å². The average Bonchev–Trinajstić information content (AvgIpc) is 2.83. The van der Waals surface area contributed by atoms with Gasteiger partial charge in [-0.1, -0.05) is 12.5 Å². The van der Waals surface area contributed by atoms with Gasteiger partial charge in [-0.3, -0.25) is 4.79 Å². The van der Waals surface area contributed by atoms with Gasteiger partial charge in [-0.2, -0.15) is 4.98 Å². The van der Waals surface area contributed by atoms with Gasteiger partial charge in [-0.15, -0.1) is 10.2 Å². The number of hydrogen-bond acceptors (Lipinski definition) is 9. The van der Waals surface area contributed by atoms with Gasteiger partial charge in [0.1, 0.15) is 0 Å². The Kier molecular flexibility index (Phi) is 7.99. The van der Waals surface area contributed by atoms with Crippen molar-refractivity contribution in [3.05, 3.63) is 33.8 Å². The van der Waals surface area contributed by atoms with E-state index in [0.29, 0.717) is 13.2 Å². The van der Waals surface area contributed by atoms with Gasteiger partial charge in [0.25, 0.3) is 5.91 Å². The zero-order chi connectivity index (χ0) is 26.7. The molecule has 2 atom stereocenters. The van der Waals surface area contributed by atoms with Gasteiger partial charge < -0.3 is 31.7 Å². The smallest absolute Gasteiger partial charge is 0.273 e. The first kappa shape index (κ1) is 26.8. The third-order valence-corrected chi connectivity index (χ3v) is 7.84. The molecule has 200 valence electrons. The van der Waals surface area contributed by atoms with E-state index in [4.69, 9.17) is 16.2 Å². The number of aromatic nitrogens is 3. The topological polar surface area (TPSA) is 144 Å². The zero-order valence-electron chi connectivity index (χ0n) is 22.6. The van der Waals surface area contributed by atoms with Crippen LogP contribution in [0.25, 0.3) is 11.8 Å². The second-order valence-electron chi connectivity index (χ2n) is 10.6. The maximum atomic E-state index is 12.1. The lowest BCUT2D eigenvalue weighted by atomic mass is 9.77. The molecule has 2 fully saturated rings. The van der Waals surface area contributed by atoms with Crippen LogP contribution in [0.5, 0.6) is 0 Å². The summed E-state index contributed by atoms with van der Waals surface area (Å²) in [6.07, 6.45) is 7.55. The van der Waals surface area contributed by atoms with Crippen LogP contribution in [-0.4, -0.2) is 63.9 Å². The molecule has 1 amide bonds. The number of hydrogen-bond donors (Lipinski definition) is 4. The lowest BCUT2D eigenvalue weighted by Crippen LogP contribution is -2.48. The molecule has 0 bridgehead atoms. The lowest BCUT2D eigenvalue weighted by Gasteiger charge is -2.45. The van der Waals surface area contributed by atoms with Crippen molar-refractivity contribution in [2.75, 3.05) is 30.9 Å². The summed E-state index contributed by atoms with van der Waals surface area (Å²) in [5.74, 6) is -0.174. The first-order valence-electron chi connectivity index (χ1n) is 13.1. The Bertz CT molecular complexity index is 1270. The molecule has 1 saturated carbocycles. The number of amides is 1. The minimum Gasteiger partial charge on any atom is -0.380 e. The molecule has 1 aromatic heterocycles. The van der Waals surface area contributed by atoms with Crippen LogP contribution in [0.2, 0.25) is 0 Å². The number of rotatable bonds is 8. The number of aryl methyl sites for hydroxylation is 1. The van der Waals surface area contributed by atoms with E-state index in [1.54, 1.807) is 0 Å². The van der Waals surface area contributed by atoms with Crippen molar-refractivity contribution in [3.8, 4) is 0 Å². The molecule has 0 unspecified atom stereocenters. The fourth-order valence-electron chi connectivity index (χ4n) is 5.04. The predicted octanol–water partition coefficient (Wildman–Crippen LogP) is 1.74. The van der Waals surface area contributed by atoms with Gasteiger partial charge in [0.2, 0.25) is 5.95 Å². The predicted molar refractivity (Wildman–Crippen MR) is 147 cm³/mol. The SMILES string of the molecule is CCC(C)=c1c(C)cc(Nc2nc(N[C@@H]3CCOC[C@@H]3N)nnc2C(N)=O)c/c1=C/N(C)C1(C)CCC1. The second kappa shape index (κ2) is 11.0. The van der Waals surface area contributed by atoms with E-state index in [9.17, 15) is 4.79 Å². The summed E-state index contributed by atoms with van der Waals surface area (Å²) in [4.78, 5) is 19.0. The molecule has 1 saturated heterocycles. The van der Waals surface area contributed by atoms with Crippen LogP contribution >= 0.6 is 0 Å². The van der Waals surface area contributed by atoms with Crippen LogP contribution < -0.4 is 32.5 Å². The quantitative estimate of drug-likeness (QED) is 0.419. The normalized spacial score (nSPS) is 22.2. The Balaban J connectivity index is 1.73. The third kappa shape index (κ3) is 5.86. The summed E-state index contributed by atoms with van der Waals surface area (Å²) in [5, 5.41) is 17.0. The number of primary amides is 1. The maximum Gasteiger partial charge on any atom is 0.273 e. The largest absolute Gasteiger partial charge is 0.380 e. The Morgan fingerprint density at radius 2 is 2.08 bits per heavy atom. The van der Waals surface area contributed by atoms with Gasteiger partial charge in [-0.05, 0) is 81.0 Å². The minimum absolute atomic E-state index is 0.0236. The van der Waals surface area contributed by atoms with Crippen LogP contribution in [-0.2, 0) is 4.74 Å². The van der Waals surface area contributed by atoms with Crippen molar-refractivity contribution < 1.29 is 9.53 Å². The van der Waals surface area contributed by atoms with E-state index in [-0.39, 0.29) is 35.1 Å². The molecule has 2 aromatic rings. The number of nitrogens with one attached hydrogen (secondary N) is 2. The first-order chi connectivity index (χ1) is 17.6. The molecule has 0 spiro atoms. The van der Waals surface area contributed by atoms with E-state index in [2.05, 4.69) is 83.8 Å². The average molecular weight is 509 g/mol. The van der Waals surface area contributed by atoms with Gasteiger partial charge in [0.05, 0.1) is 6.61 Å². The number of nitrogens with zero attached hydrogens (tertiary/aromatic N) is 4. The number of ether oxygens (including phenoxy) is 1. The fourth-order valence-corrected chi connectivity index (χ4v) is 5.04. The highest BCUT2D eigenvalue weighted by atomic mass is 16.5. The minimum atomic E-state index is -0.704. The summed E-state index contributed by atoms with van der Waals surface area (Å²) in [7, 11) is 2.15. The van der Waals surface area contributed by atoms with E-state index in [1.165, 1.54) is 30.1 Å². The van der Waals surface area contributed by atoms with E-state index in [0.717, 1.165) is 29.3 Å². The molecule has 6 N–H and O–H groups in total. The molecule has 1 aromatic carbocycles. The van der Waals surface area contributed by atoms with Crippen molar-refractivity contribution in [3.63, 3.8) is 0 Å². The Morgan fingerprint density at radius 3 is 2.70 bits per heavy atom. The van der Waals surface area contributed by atoms with Crippen LogP contribution in [0, 0.1) is 6.92 Å². The molecule has 2 aliphatic rings. The van der Waals surface area contributed by atoms with Crippen LogP contribution in [0.4, 0.5) is 17.5 Å². The molecular weight excluding hydrogens is 468 g/mol. The molecule has 0 radical (unpaired) electrons. The summed E-state index contributed by atoms with van der Waals surface area (Å²) in [5.41, 5.74) is 15.2. The second-order valence-corrected chi connectivity index (χ2v) is 10.6. The molecule has 2 heterocycles. The van der Waals surface area contributed by atoms with Gasteiger partial charge in [0, 0.05) is 43.2 Å². The summed E-state index contributed by atoms with van der Waals surface area (Å²) >= 11 is 0. The van der Waals surface area contributed by atoms with Crippen molar-refractivity contribution in [2.45, 2.75) is 77.4 Å². The van der Waals surface area contributed by atoms with Crippen molar-refractivity contribution in [2.24, 2.45) is 11.5 Å². The van der Waals surface area contributed by atoms with Gasteiger partial charge in [0.15, 0.2) is 11.5 Å². The molecule has 37 heavy (non-hydrogen) atoms. The summed E-state index contributed by atoms with van der Waals surface area (Å²) < 4.78 is 5.42. The van der Waals surface area contributed by atoms with Gasteiger partial charge in [-0.25, -0.2) is 0 Å². The molecule has 1 aliphatic carbocycles. The molecular formula is C27H40N8O2. The number of anilines is 3. The zero-order valence-corrected chi connectivity index (χ0v) is 22.6. The van der Waals surface area contributed by atoms with Crippen molar-refractivity contribution in [1.29, 1.82) is 0 Å². The lowest BCUT2D eigenvalue weighted by molar-refractivity contribution is 0.0751. The fraction of sp³-hybridized carbons (Fsp3) is 0.556. The number of benzene rings is 1. The summed E-state index contributed by atoms with van der Waals surface area (Å²) in [6.45, 7) is 9.83. The first-order valence-corrected chi connectivity index (χ1v) is 13.1. The van der Waals surface area contributed by atoms with E-state index in [1.807, 2.05) is 0 Å². The highest BCUT2D eigenvalue weighted by Gasteiger charge is 2.34. The highest BCUT2D eigenvalue weighted by molar-refractivity contribution is 5.96. The van der Waals surface area contributed by atoms with Crippen LogP contribution in [0.3, 0.4) is 0 Å². The van der Waals surface area contributed by atoms with Crippen molar-refractivity contribution >= 4 is 35.1 Å². The Hall–Kier alpha value is -3.24. The Morgan fingerprint density at radius 1 is 1.32 bits per heavy atom. The highest BCUT2D eigenvalue weighted by Crippen LogP contribution is 2.36. The molecule has 10 heteroatoms. The maximum absolute atomic E-state index is 12.1. The Labute approximate surface area is 218 Å². The van der Waals surface area contributed by atoms with Crippen LogP contribution in [0.15, 0.2) is 12.1 Å². The molecule has 1 aliphatic heterocycles. The van der Waals surface area contributed by atoms with E-state index >= 15 is 0 Å². The molecule has 10 nitrogen and oxygen atoms in total. The number of nitrogens with two attached hydrogens (primary N) is 2. The summed E-state index contributed by atoms with van der Waals surface area (Å²) in [6, 6.07) is 3.91. The monoisotopic (exact) mass is 508 g/mol. The number of carbonyl (C=O) groups excluding carboxylic acids is 1. The van der Waals surface area contributed by atoms with Gasteiger partial charge >= 0.3 is 0 Å². The van der Waals surface area contributed by atoms with Crippen LogP contribution in [0.1, 0.15) is 68.9 Å². The standard InChI is InChI=1S/C27H40N8O2/c1-6-16(2)22-17(3)12-19(13-18(22)14-35(5)27(4)9-7-10-27)30-25-23(24(29)36)33-34-26(32-25)31-21-8-11-37-15-20(21)28/h12-14,20-21H,6-11,15,28H2,1-5H3,(H2,29,36)(H2,30,31,32,34)/b18-14-,22-16?/t20-,21+/m0/s1. The third-order valence-electron chi connectivity index (χ3n) is 7.84. The molecule has 4 rings (SSSR count). The number of carbonyl (C=O) groups is 1. The van der Waals surface area contributed by atoms with Crippen molar-refractivity contribution in [1.82, 2.24) is 20.1 Å².